The van der Waals surface area contributed by atoms with Crippen LogP contribution in [0.1, 0.15) is 5.56 Å². The Morgan fingerprint density at radius 1 is 1.47 bits per heavy atom. The zero-order chi connectivity index (χ0) is 14.0. The smallest absolute Gasteiger partial charge is 0.255 e. The van der Waals surface area contributed by atoms with Gasteiger partial charge in [-0.1, -0.05) is 0 Å². The van der Waals surface area contributed by atoms with Gasteiger partial charge in [-0.2, -0.15) is 0 Å². The topological polar surface area (TPSA) is 78.6 Å². The summed E-state index contributed by atoms with van der Waals surface area (Å²) in [5.41, 5.74) is 7.91. The predicted octanol–water partition coefficient (Wildman–Crippen LogP) is 0.827. The van der Waals surface area contributed by atoms with Crippen molar-refractivity contribution >= 4 is 23.0 Å². The van der Waals surface area contributed by atoms with E-state index in [0.29, 0.717) is 17.1 Å². The molecule has 7 heteroatoms. The number of nitrogens with one attached hydrogen (secondary N) is 1. The van der Waals surface area contributed by atoms with Gasteiger partial charge in [-0.05, 0) is 17.7 Å². The van der Waals surface area contributed by atoms with Crippen molar-refractivity contribution in [3.05, 3.63) is 17.7 Å². The van der Waals surface area contributed by atoms with Crippen molar-refractivity contribution in [2.45, 2.75) is 12.8 Å². The monoisotopic (exact) mass is 271 g/mol. The number of alkyl halides is 2. The van der Waals surface area contributed by atoms with E-state index in [-0.39, 0.29) is 25.5 Å². The highest BCUT2D eigenvalue weighted by molar-refractivity contribution is 6.00. The number of nitrogens with zero attached hydrogens (tertiary/aromatic N) is 1. The van der Waals surface area contributed by atoms with Crippen molar-refractivity contribution in [1.29, 1.82) is 0 Å². The molecule has 19 heavy (non-hydrogen) atoms. The molecule has 0 aliphatic carbocycles. The lowest BCUT2D eigenvalue weighted by Gasteiger charge is -2.25. The van der Waals surface area contributed by atoms with E-state index in [0.717, 1.165) is 5.56 Å². The minimum absolute atomic E-state index is 0.0568. The number of halogens is 2. The van der Waals surface area contributed by atoms with Crippen LogP contribution in [0, 0.1) is 0 Å². The fourth-order valence-electron chi connectivity index (χ4n) is 2.15. The van der Waals surface area contributed by atoms with Crippen molar-refractivity contribution in [3.8, 4) is 0 Å². The van der Waals surface area contributed by atoms with Crippen LogP contribution in [0.2, 0.25) is 0 Å². The van der Waals surface area contributed by atoms with Gasteiger partial charge in [0, 0.05) is 12.2 Å². The lowest BCUT2D eigenvalue weighted by molar-refractivity contribution is -0.115. The Morgan fingerprint density at radius 3 is 2.84 bits per heavy atom. The SMILES string of the molecule is Nc1cc2c(cc1N(CCO)CC(F)F)NC(=O)C2. The predicted molar refractivity (Wildman–Crippen MR) is 68.5 cm³/mol. The van der Waals surface area contributed by atoms with E-state index in [1.165, 1.54) is 4.90 Å². The van der Waals surface area contributed by atoms with Crippen molar-refractivity contribution in [3.63, 3.8) is 0 Å². The number of nitrogens with two attached hydrogens (primary N) is 1. The van der Waals surface area contributed by atoms with Gasteiger partial charge in [0.25, 0.3) is 6.43 Å². The van der Waals surface area contributed by atoms with E-state index in [4.69, 9.17) is 10.8 Å². The molecule has 1 aliphatic heterocycles. The Labute approximate surface area is 109 Å². The highest BCUT2D eigenvalue weighted by Gasteiger charge is 2.22. The zero-order valence-corrected chi connectivity index (χ0v) is 10.2. The van der Waals surface area contributed by atoms with Crippen LogP contribution >= 0.6 is 0 Å². The number of aliphatic hydroxyl groups excluding tert-OH is 1. The number of aliphatic hydroxyl groups is 1. The first kappa shape index (κ1) is 13.5. The number of nitrogen functional groups attached to an aromatic ring is 1. The Morgan fingerprint density at radius 2 is 2.21 bits per heavy atom. The van der Waals surface area contributed by atoms with Crippen LogP contribution in [-0.2, 0) is 11.2 Å². The van der Waals surface area contributed by atoms with E-state index < -0.39 is 13.0 Å². The van der Waals surface area contributed by atoms with E-state index in [2.05, 4.69) is 5.32 Å². The third kappa shape index (κ3) is 2.93. The molecule has 0 saturated carbocycles. The number of carbonyl (C=O) groups is 1. The molecular weight excluding hydrogens is 256 g/mol. The standard InChI is InChI=1S/C12H15F2N3O2/c13-11(14)6-17(1-2-18)10-5-9-7(3-8(10)15)4-12(19)16-9/h3,5,11,18H,1-2,4,6,15H2,(H,16,19). The molecule has 1 heterocycles. The summed E-state index contributed by atoms with van der Waals surface area (Å²) in [6.07, 6.45) is -2.29. The third-order valence-electron chi connectivity index (χ3n) is 2.95. The van der Waals surface area contributed by atoms with E-state index in [9.17, 15) is 13.6 Å². The number of carbonyl (C=O) groups excluding carboxylic acids is 1. The van der Waals surface area contributed by atoms with Gasteiger partial charge in [0.15, 0.2) is 0 Å². The number of amides is 1. The second-order valence-corrected chi connectivity index (χ2v) is 4.35. The molecule has 0 atom stereocenters. The van der Waals surface area contributed by atoms with Crippen LogP contribution in [0.4, 0.5) is 25.8 Å². The second kappa shape index (κ2) is 5.40. The summed E-state index contributed by atoms with van der Waals surface area (Å²) in [7, 11) is 0. The first-order chi connectivity index (χ1) is 9.01. The highest BCUT2D eigenvalue weighted by Crippen LogP contribution is 2.33. The summed E-state index contributed by atoms with van der Waals surface area (Å²) in [4.78, 5) is 12.6. The van der Waals surface area contributed by atoms with Crippen LogP contribution in [0.3, 0.4) is 0 Å². The molecule has 0 spiro atoms. The lowest BCUT2D eigenvalue weighted by atomic mass is 10.1. The van der Waals surface area contributed by atoms with Crippen LogP contribution in [0.25, 0.3) is 0 Å². The van der Waals surface area contributed by atoms with Crippen molar-refractivity contribution < 1.29 is 18.7 Å². The highest BCUT2D eigenvalue weighted by atomic mass is 19.3. The number of fused-ring (bicyclic) bond motifs is 1. The van der Waals surface area contributed by atoms with Gasteiger partial charge in [0.1, 0.15) is 0 Å². The molecule has 2 rings (SSSR count). The zero-order valence-electron chi connectivity index (χ0n) is 10.2. The van der Waals surface area contributed by atoms with Crippen molar-refractivity contribution in [2.24, 2.45) is 0 Å². The minimum atomic E-state index is -2.53. The number of benzene rings is 1. The van der Waals surface area contributed by atoms with E-state index >= 15 is 0 Å². The summed E-state index contributed by atoms with van der Waals surface area (Å²) >= 11 is 0. The Balaban J connectivity index is 2.32. The summed E-state index contributed by atoms with van der Waals surface area (Å²) in [6, 6.07) is 3.19. The molecule has 4 N–H and O–H groups in total. The third-order valence-corrected chi connectivity index (χ3v) is 2.95. The summed E-state index contributed by atoms with van der Waals surface area (Å²) in [5, 5.41) is 11.6. The fourth-order valence-corrected chi connectivity index (χ4v) is 2.15. The van der Waals surface area contributed by atoms with E-state index in [1.54, 1.807) is 12.1 Å². The van der Waals surface area contributed by atoms with Crippen LogP contribution < -0.4 is 16.0 Å². The molecule has 1 aromatic rings. The number of anilines is 3. The average Bonchev–Trinajstić information content (AvgIpc) is 2.66. The second-order valence-electron chi connectivity index (χ2n) is 4.35. The Kier molecular flexibility index (Phi) is 3.84. The number of hydrogen-bond acceptors (Lipinski definition) is 4. The molecule has 104 valence electrons. The number of rotatable bonds is 5. The molecule has 0 saturated heterocycles. The molecule has 5 nitrogen and oxygen atoms in total. The minimum Gasteiger partial charge on any atom is -0.397 e. The fraction of sp³-hybridized carbons (Fsp3) is 0.417. The molecule has 0 fully saturated rings. The molecule has 0 bridgehead atoms. The van der Waals surface area contributed by atoms with Gasteiger partial charge >= 0.3 is 0 Å². The number of hydrogen-bond donors (Lipinski definition) is 3. The summed E-state index contributed by atoms with van der Waals surface area (Å²) in [6.45, 7) is -0.714. The Hall–Kier alpha value is -1.89. The van der Waals surface area contributed by atoms with Crippen molar-refractivity contribution in [1.82, 2.24) is 0 Å². The van der Waals surface area contributed by atoms with Crippen molar-refractivity contribution in [2.75, 3.05) is 35.6 Å². The molecule has 0 unspecified atom stereocenters. The van der Waals surface area contributed by atoms with Gasteiger partial charge in [-0.15, -0.1) is 0 Å². The van der Waals surface area contributed by atoms with Gasteiger partial charge in [0.05, 0.1) is 30.9 Å². The average molecular weight is 271 g/mol. The maximum absolute atomic E-state index is 12.5. The molecule has 1 aliphatic rings. The lowest BCUT2D eigenvalue weighted by Crippen LogP contribution is -2.32. The first-order valence-electron chi connectivity index (χ1n) is 5.87. The van der Waals surface area contributed by atoms with Crippen LogP contribution in [-0.4, -0.2) is 37.1 Å². The van der Waals surface area contributed by atoms with Gasteiger partial charge in [-0.3, -0.25) is 4.79 Å². The largest absolute Gasteiger partial charge is 0.397 e. The Bertz CT molecular complexity index is 494. The van der Waals surface area contributed by atoms with E-state index in [1.807, 2.05) is 0 Å². The summed E-state index contributed by atoms with van der Waals surface area (Å²) < 4.78 is 25.1. The molecule has 1 amide bonds. The van der Waals surface area contributed by atoms with Crippen LogP contribution in [0.5, 0.6) is 0 Å². The molecule has 1 aromatic carbocycles. The van der Waals surface area contributed by atoms with Crippen LogP contribution in [0.15, 0.2) is 12.1 Å². The van der Waals surface area contributed by atoms with Gasteiger partial charge < -0.3 is 21.1 Å². The maximum atomic E-state index is 12.5. The van der Waals surface area contributed by atoms with Gasteiger partial charge in [-0.25, -0.2) is 8.78 Å². The molecule has 0 radical (unpaired) electrons. The summed E-state index contributed by atoms with van der Waals surface area (Å²) in [5.74, 6) is -0.144. The molecule has 0 aromatic heterocycles. The first-order valence-corrected chi connectivity index (χ1v) is 5.87. The normalized spacial score (nSPS) is 13.6. The van der Waals surface area contributed by atoms with Gasteiger partial charge in [0.2, 0.25) is 5.91 Å². The quantitative estimate of drug-likeness (QED) is 0.693. The molecular formula is C12H15F2N3O2. The maximum Gasteiger partial charge on any atom is 0.255 e.